The Bertz CT molecular complexity index is 837. The van der Waals surface area contributed by atoms with Crippen molar-refractivity contribution in [1.82, 2.24) is 10.2 Å². The maximum Gasteiger partial charge on any atom is 0.277 e. The predicted molar refractivity (Wildman–Crippen MR) is 93.2 cm³/mol. The monoisotopic (exact) mass is 407 g/mol. The highest BCUT2D eigenvalue weighted by molar-refractivity contribution is 9.10. The smallest absolute Gasteiger partial charge is 0.277 e. The lowest BCUT2D eigenvalue weighted by molar-refractivity contribution is -0.113. The molecule has 0 saturated heterocycles. The second-order valence-corrected chi connectivity index (χ2v) is 6.57. The fraction of sp³-hybridized carbons (Fsp3) is 0.0625. The van der Waals surface area contributed by atoms with Gasteiger partial charge in [0.25, 0.3) is 5.22 Å². The van der Waals surface area contributed by atoms with E-state index in [0.29, 0.717) is 16.8 Å². The number of hydrogen-bond donors (Lipinski definition) is 1. The Morgan fingerprint density at radius 2 is 1.83 bits per heavy atom. The van der Waals surface area contributed by atoms with Gasteiger partial charge in [-0.15, -0.1) is 10.2 Å². The minimum Gasteiger partial charge on any atom is -0.411 e. The van der Waals surface area contributed by atoms with Gasteiger partial charge >= 0.3 is 0 Å². The fourth-order valence-corrected chi connectivity index (χ4v) is 2.66. The van der Waals surface area contributed by atoms with Crippen LogP contribution in [0, 0.1) is 5.82 Å². The van der Waals surface area contributed by atoms with E-state index in [0.717, 1.165) is 21.8 Å². The van der Waals surface area contributed by atoms with Crippen LogP contribution in [-0.4, -0.2) is 21.9 Å². The topological polar surface area (TPSA) is 68.0 Å². The average molecular weight is 408 g/mol. The predicted octanol–water partition coefficient (Wildman–Crippen LogP) is 4.37. The molecule has 5 nitrogen and oxygen atoms in total. The first-order valence-electron chi connectivity index (χ1n) is 6.88. The number of hydrogen-bond acceptors (Lipinski definition) is 5. The number of aromatic nitrogens is 2. The number of thioether (sulfide) groups is 1. The number of benzene rings is 2. The van der Waals surface area contributed by atoms with E-state index >= 15 is 0 Å². The minimum absolute atomic E-state index is 0.110. The Morgan fingerprint density at radius 3 is 2.54 bits per heavy atom. The number of carbonyl (C=O) groups excluding carboxylic acids is 1. The maximum absolute atomic E-state index is 12.8. The van der Waals surface area contributed by atoms with Gasteiger partial charge in [0.1, 0.15) is 5.82 Å². The van der Waals surface area contributed by atoms with Gasteiger partial charge in [-0.1, -0.05) is 27.7 Å². The molecule has 0 radical (unpaired) electrons. The third-order valence-electron chi connectivity index (χ3n) is 2.95. The van der Waals surface area contributed by atoms with Crippen molar-refractivity contribution in [2.75, 3.05) is 11.1 Å². The Hall–Kier alpha value is -2.19. The second-order valence-electron chi connectivity index (χ2n) is 4.72. The van der Waals surface area contributed by atoms with E-state index in [2.05, 4.69) is 31.4 Å². The van der Waals surface area contributed by atoms with Gasteiger partial charge in [-0.05, 0) is 48.5 Å². The molecule has 1 heterocycles. The van der Waals surface area contributed by atoms with Gasteiger partial charge in [0.05, 0.1) is 5.75 Å². The van der Waals surface area contributed by atoms with Gasteiger partial charge in [0.15, 0.2) is 0 Å². The molecule has 1 N–H and O–H groups in total. The SMILES string of the molecule is O=C(CSc1nnc(-c2ccc(Br)cc2)o1)Nc1ccc(F)cc1. The standard InChI is InChI=1S/C16H11BrFN3O2S/c17-11-3-1-10(2-4-11)15-20-21-16(23-15)24-9-14(22)19-13-7-5-12(18)6-8-13/h1-8H,9H2,(H,19,22). The number of nitrogens with one attached hydrogen (secondary N) is 1. The summed E-state index contributed by atoms with van der Waals surface area (Å²) < 4.78 is 19.3. The van der Waals surface area contributed by atoms with Crippen LogP contribution in [0.25, 0.3) is 11.5 Å². The van der Waals surface area contributed by atoms with E-state index in [1.54, 1.807) is 0 Å². The molecule has 0 spiro atoms. The Balaban J connectivity index is 1.56. The largest absolute Gasteiger partial charge is 0.411 e. The zero-order valence-corrected chi connectivity index (χ0v) is 14.6. The molecule has 0 aliphatic rings. The van der Waals surface area contributed by atoms with Crippen molar-refractivity contribution in [2.45, 2.75) is 5.22 Å². The molecular weight excluding hydrogens is 397 g/mol. The highest BCUT2D eigenvalue weighted by Crippen LogP contribution is 2.24. The first kappa shape index (κ1) is 16.7. The van der Waals surface area contributed by atoms with Crippen LogP contribution >= 0.6 is 27.7 Å². The molecule has 8 heteroatoms. The lowest BCUT2D eigenvalue weighted by atomic mass is 10.2. The summed E-state index contributed by atoms with van der Waals surface area (Å²) in [7, 11) is 0. The molecule has 1 amide bonds. The van der Waals surface area contributed by atoms with Gasteiger partial charge in [0, 0.05) is 15.7 Å². The van der Waals surface area contributed by atoms with Gasteiger partial charge in [-0.2, -0.15) is 0 Å². The van der Waals surface area contributed by atoms with Crippen LogP contribution in [0.5, 0.6) is 0 Å². The molecule has 0 aliphatic carbocycles. The molecule has 1 aromatic heterocycles. The van der Waals surface area contributed by atoms with Crippen LogP contribution in [-0.2, 0) is 4.79 Å². The van der Waals surface area contributed by atoms with Gasteiger partial charge in [0.2, 0.25) is 11.8 Å². The summed E-state index contributed by atoms with van der Waals surface area (Å²) in [4.78, 5) is 11.9. The van der Waals surface area contributed by atoms with Gasteiger partial charge < -0.3 is 9.73 Å². The summed E-state index contributed by atoms with van der Waals surface area (Å²) in [6.07, 6.45) is 0. The van der Waals surface area contributed by atoms with Crippen molar-refractivity contribution in [2.24, 2.45) is 0 Å². The first-order valence-corrected chi connectivity index (χ1v) is 8.66. The van der Waals surface area contributed by atoms with Crippen molar-refractivity contribution in [1.29, 1.82) is 0 Å². The zero-order chi connectivity index (χ0) is 16.9. The number of halogens is 2. The summed E-state index contributed by atoms with van der Waals surface area (Å²) in [5.41, 5.74) is 1.33. The van der Waals surface area contributed by atoms with Crippen molar-refractivity contribution in [3.05, 3.63) is 58.8 Å². The second kappa shape index (κ2) is 7.59. The molecule has 0 fully saturated rings. The van der Waals surface area contributed by atoms with Crippen LogP contribution in [0.2, 0.25) is 0 Å². The van der Waals surface area contributed by atoms with E-state index in [1.807, 2.05) is 24.3 Å². The third-order valence-corrected chi connectivity index (χ3v) is 4.30. The third kappa shape index (κ3) is 4.42. The molecule has 0 aliphatic heterocycles. The van der Waals surface area contributed by atoms with Crippen molar-refractivity contribution < 1.29 is 13.6 Å². The summed E-state index contributed by atoms with van der Waals surface area (Å²) >= 11 is 4.49. The highest BCUT2D eigenvalue weighted by Gasteiger charge is 2.11. The number of anilines is 1. The molecule has 0 atom stereocenters. The Labute approximate surface area is 149 Å². The summed E-state index contributed by atoms with van der Waals surface area (Å²) in [6, 6.07) is 13.0. The van der Waals surface area contributed by atoms with Crippen molar-refractivity contribution in [3.8, 4) is 11.5 Å². The summed E-state index contributed by atoms with van der Waals surface area (Å²) in [5.74, 6) is -0.0908. The average Bonchev–Trinajstić information content (AvgIpc) is 3.05. The molecule has 24 heavy (non-hydrogen) atoms. The Morgan fingerprint density at radius 1 is 1.12 bits per heavy atom. The van der Waals surface area contributed by atoms with Gasteiger partial charge in [-0.25, -0.2) is 4.39 Å². The quantitative estimate of drug-likeness (QED) is 0.635. The lowest BCUT2D eigenvalue weighted by Crippen LogP contribution is -2.13. The molecule has 0 bridgehead atoms. The van der Waals surface area contributed by atoms with Crippen LogP contribution < -0.4 is 5.32 Å². The maximum atomic E-state index is 12.8. The Kier molecular flexibility index (Phi) is 5.27. The van der Waals surface area contributed by atoms with Crippen LogP contribution in [0.3, 0.4) is 0 Å². The number of carbonyl (C=O) groups is 1. The zero-order valence-electron chi connectivity index (χ0n) is 12.2. The van der Waals surface area contributed by atoms with E-state index in [1.165, 1.54) is 24.3 Å². The van der Waals surface area contributed by atoms with Crippen LogP contribution in [0.15, 0.2) is 62.6 Å². The first-order chi connectivity index (χ1) is 11.6. The van der Waals surface area contributed by atoms with Crippen molar-refractivity contribution in [3.63, 3.8) is 0 Å². The van der Waals surface area contributed by atoms with E-state index in [-0.39, 0.29) is 17.5 Å². The minimum atomic E-state index is -0.353. The molecule has 3 aromatic rings. The fourth-order valence-electron chi connectivity index (χ4n) is 1.83. The molecular formula is C16H11BrFN3O2S. The van der Waals surface area contributed by atoms with Crippen molar-refractivity contribution >= 4 is 39.3 Å². The normalized spacial score (nSPS) is 10.6. The molecule has 0 saturated carbocycles. The highest BCUT2D eigenvalue weighted by atomic mass is 79.9. The number of rotatable bonds is 5. The van der Waals surface area contributed by atoms with E-state index in [9.17, 15) is 9.18 Å². The lowest BCUT2D eigenvalue weighted by Gasteiger charge is -2.03. The summed E-state index contributed by atoms with van der Waals surface area (Å²) in [6.45, 7) is 0. The van der Waals surface area contributed by atoms with E-state index in [4.69, 9.17) is 4.42 Å². The van der Waals surface area contributed by atoms with E-state index < -0.39 is 0 Å². The van der Waals surface area contributed by atoms with Crippen LogP contribution in [0.4, 0.5) is 10.1 Å². The van der Waals surface area contributed by atoms with Crippen LogP contribution in [0.1, 0.15) is 0 Å². The van der Waals surface area contributed by atoms with Gasteiger partial charge in [-0.3, -0.25) is 4.79 Å². The molecule has 122 valence electrons. The summed E-state index contributed by atoms with van der Waals surface area (Å²) in [5, 5.41) is 10.8. The molecule has 3 rings (SSSR count). The number of nitrogens with zero attached hydrogens (tertiary/aromatic N) is 2. The molecule has 0 unspecified atom stereocenters. The molecule has 2 aromatic carbocycles. The number of amides is 1.